The number of aromatic amines is 1. The van der Waals surface area contributed by atoms with Crippen molar-refractivity contribution in [1.82, 2.24) is 9.97 Å². The SMILES string of the molecule is Cc1nc(CCCN)[nH]c1C. The minimum atomic E-state index is 0.735. The van der Waals surface area contributed by atoms with Crippen LogP contribution in [-0.2, 0) is 6.42 Å². The molecular weight excluding hydrogens is 138 g/mol. The molecule has 0 aromatic carbocycles. The van der Waals surface area contributed by atoms with Gasteiger partial charge in [0.1, 0.15) is 5.82 Å². The van der Waals surface area contributed by atoms with Crippen molar-refractivity contribution < 1.29 is 0 Å². The molecule has 0 aliphatic heterocycles. The zero-order valence-corrected chi connectivity index (χ0v) is 7.15. The van der Waals surface area contributed by atoms with Crippen LogP contribution in [0.5, 0.6) is 0 Å². The zero-order chi connectivity index (χ0) is 8.27. The van der Waals surface area contributed by atoms with Crippen LogP contribution < -0.4 is 5.73 Å². The van der Waals surface area contributed by atoms with Gasteiger partial charge in [-0.1, -0.05) is 0 Å². The summed E-state index contributed by atoms with van der Waals surface area (Å²) in [4.78, 5) is 7.55. The van der Waals surface area contributed by atoms with Gasteiger partial charge in [0, 0.05) is 12.1 Å². The molecule has 1 rings (SSSR count). The molecule has 0 unspecified atom stereocenters. The second-order valence-electron chi connectivity index (χ2n) is 2.79. The summed E-state index contributed by atoms with van der Waals surface area (Å²) >= 11 is 0. The molecule has 0 atom stereocenters. The summed E-state index contributed by atoms with van der Waals surface area (Å²) in [5.41, 5.74) is 7.64. The second kappa shape index (κ2) is 3.53. The molecule has 0 radical (unpaired) electrons. The quantitative estimate of drug-likeness (QED) is 0.678. The van der Waals surface area contributed by atoms with Crippen LogP contribution in [0.3, 0.4) is 0 Å². The fourth-order valence-electron chi connectivity index (χ4n) is 1.01. The van der Waals surface area contributed by atoms with E-state index in [-0.39, 0.29) is 0 Å². The summed E-state index contributed by atoms with van der Waals surface area (Å²) in [6.07, 6.45) is 1.97. The Kier molecular flexibility index (Phi) is 2.65. The predicted octanol–water partition coefficient (Wildman–Crippen LogP) is 0.918. The summed E-state index contributed by atoms with van der Waals surface area (Å²) in [6.45, 7) is 4.78. The molecule has 62 valence electrons. The molecule has 0 aliphatic carbocycles. The van der Waals surface area contributed by atoms with Gasteiger partial charge in [0.05, 0.1) is 5.69 Å². The Labute approximate surface area is 67.0 Å². The fraction of sp³-hybridized carbons (Fsp3) is 0.625. The maximum absolute atomic E-state index is 5.38. The summed E-state index contributed by atoms with van der Waals surface area (Å²) in [7, 11) is 0. The maximum atomic E-state index is 5.38. The first-order valence-electron chi connectivity index (χ1n) is 3.96. The fourth-order valence-corrected chi connectivity index (χ4v) is 1.01. The van der Waals surface area contributed by atoms with E-state index in [4.69, 9.17) is 5.73 Å². The summed E-state index contributed by atoms with van der Waals surface area (Å²) in [6, 6.07) is 0. The third-order valence-corrected chi connectivity index (χ3v) is 1.79. The summed E-state index contributed by atoms with van der Waals surface area (Å²) in [5.74, 6) is 1.06. The van der Waals surface area contributed by atoms with E-state index in [1.54, 1.807) is 0 Å². The lowest BCUT2D eigenvalue weighted by Crippen LogP contribution is -2.01. The Bertz CT molecular complexity index is 208. The monoisotopic (exact) mass is 153 g/mol. The van der Waals surface area contributed by atoms with Crippen molar-refractivity contribution in [2.24, 2.45) is 5.73 Å². The van der Waals surface area contributed by atoms with Crippen molar-refractivity contribution in [3.8, 4) is 0 Å². The highest BCUT2D eigenvalue weighted by atomic mass is 14.9. The van der Waals surface area contributed by atoms with E-state index in [9.17, 15) is 0 Å². The molecule has 11 heavy (non-hydrogen) atoms. The molecule has 0 amide bonds. The lowest BCUT2D eigenvalue weighted by Gasteiger charge is -1.91. The van der Waals surface area contributed by atoms with Gasteiger partial charge in [0.25, 0.3) is 0 Å². The Morgan fingerprint density at radius 1 is 1.45 bits per heavy atom. The van der Waals surface area contributed by atoms with E-state index in [2.05, 4.69) is 9.97 Å². The number of imidazole rings is 1. The van der Waals surface area contributed by atoms with Crippen LogP contribution in [0.15, 0.2) is 0 Å². The highest BCUT2D eigenvalue weighted by molar-refractivity contribution is 5.10. The highest BCUT2D eigenvalue weighted by Crippen LogP contribution is 2.03. The Hall–Kier alpha value is -0.830. The molecular formula is C8H15N3. The Morgan fingerprint density at radius 2 is 2.18 bits per heavy atom. The third kappa shape index (κ3) is 2.05. The average molecular weight is 153 g/mol. The van der Waals surface area contributed by atoms with Gasteiger partial charge in [-0.2, -0.15) is 0 Å². The van der Waals surface area contributed by atoms with Crippen molar-refractivity contribution >= 4 is 0 Å². The summed E-state index contributed by atoms with van der Waals surface area (Å²) < 4.78 is 0. The molecule has 0 fully saturated rings. The smallest absolute Gasteiger partial charge is 0.106 e. The van der Waals surface area contributed by atoms with Crippen LogP contribution >= 0.6 is 0 Å². The average Bonchev–Trinajstić information content (AvgIpc) is 2.28. The number of nitrogens with one attached hydrogen (secondary N) is 1. The van der Waals surface area contributed by atoms with Crippen molar-refractivity contribution in [2.75, 3.05) is 6.54 Å². The number of rotatable bonds is 3. The van der Waals surface area contributed by atoms with Crippen LogP contribution in [0, 0.1) is 13.8 Å². The Balaban J connectivity index is 2.58. The molecule has 3 N–H and O–H groups in total. The number of nitrogens with zero attached hydrogens (tertiary/aromatic N) is 1. The number of aromatic nitrogens is 2. The zero-order valence-electron chi connectivity index (χ0n) is 7.15. The lowest BCUT2D eigenvalue weighted by atomic mass is 10.3. The van der Waals surface area contributed by atoms with E-state index in [0.29, 0.717) is 0 Å². The topological polar surface area (TPSA) is 54.7 Å². The number of hydrogen-bond donors (Lipinski definition) is 2. The molecule has 0 saturated carbocycles. The van der Waals surface area contributed by atoms with Crippen LogP contribution in [-0.4, -0.2) is 16.5 Å². The first kappa shape index (κ1) is 8.27. The predicted molar refractivity (Wildman–Crippen MR) is 45.4 cm³/mol. The van der Waals surface area contributed by atoms with Crippen molar-refractivity contribution in [3.05, 3.63) is 17.2 Å². The molecule has 3 nitrogen and oxygen atoms in total. The number of H-pyrrole nitrogens is 1. The molecule has 0 spiro atoms. The van der Waals surface area contributed by atoms with Crippen LogP contribution in [0.25, 0.3) is 0 Å². The van der Waals surface area contributed by atoms with Gasteiger partial charge in [-0.05, 0) is 26.8 Å². The van der Waals surface area contributed by atoms with E-state index in [1.165, 1.54) is 0 Å². The van der Waals surface area contributed by atoms with Crippen LogP contribution in [0.1, 0.15) is 23.6 Å². The number of hydrogen-bond acceptors (Lipinski definition) is 2. The van der Waals surface area contributed by atoms with E-state index < -0.39 is 0 Å². The molecule has 3 heteroatoms. The normalized spacial score (nSPS) is 10.5. The maximum Gasteiger partial charge on any atom is 0.106 e. The van der Waals surface area contributed by atoms with Gasteiger partial charge < -0.3 is 10.7 Å². The molecule has 1 heterocycles. The van der Waals surface area contributed by atoms with Gasteiger partial charge >= 0.3 is 0 Å². The standard InChI is InChI=1S/C8H15N3/c1-6-7(2)11-8(10-6)4-3-5-9/h3-5,9H2,1-2H3,(H,10,11). The molecule has 1 aromatic rings. The highest BCUT2D eigenvalue weighted by Gasteiger charge is 2.00. The van der Waals surface area contributed by atoms with E-state index >= 15 is 0 Å². The molecule has 0 saturated heterocycles. The Morgan fingerprint density at radius 3 is 2.64 bits per heavy atom. The molecule has 0 bridgehead atoms. The van der Waals surface area contributed by atoms with Gasteiger partial charge in [0.2, 0.25) is 0 Å². The van der Waals surface area contributed by atoms with Crippen molar-refractivity contribution in [2.45, 2.75) is 26.7 Å². The van der Waals surface area contributed by atoms with Crippen LogP contribution in [0.4, 0.5) is 0 Å². The summed E-state index contributed by atoms with van der Waals surface area (Å²) in [5, 5.41) is 0. The van der Waals surface area contributed by atoms with Gasteiger partial charge in [-0.15, -0.1) is 0 Å². The minimum Gasteiger partial charge on any atom is -0.346 e. The lowest BCUT2D eigenvalue weighted by molar-refractivity contribution is 0.791. The van der Waals surface area contributed by atoms with Gasteiger partial charge in [0.15, 0.2) is 0 Å². The van der Waals surface area contributed by atoms with Crippen molar-refractivity contribution in [1.29, 1.82) is 0 Å². The van der Waals surface area contributed by atoms with Gasteiger partial charge in [-0.3, -0.25) is 0 Å². The first-order chi connectivity index (χ1) is 5.24. The second-order valence-corrected chi connectivity index (χ2v) is 2.79. The number of aryl methyl sites for hydroxylation is 3. The van der Waals surface area contributed by atoms with Gasteiger partial charge in [-0.25, -0.2) is 4.98 Å². The minimum absolute atomic E-state index is 0.735. The van der Waals surface area contributed by atoms with Crippen LogP contribution in [0.2, 0.25) is 0 Å². The van der Waals surface area contributed by atoms with E-state index in [1.807, 2.05) is 13.8 Å². The third-order valence-electron chi connectivity index (χ3n) is 1.79. The number of nitrogens with two attached hydrogens (primary N) is 1. The molecule has 1 aromatic heterocycles. The first-order valence-corrected chi connectivity index (χ1v) is 3.96. The van der Waals surface area contributed by atoms with Crippen molar-refractivity contribution in [3.63, 3.8) is 0 Å². The molecule has 0 aliphatic rings. The largest absolute Gasteiger partial charge is 0.346 e. The van der Waals surface area contributed by atoms with E-state index in [0.717, 1.165) is 36.6 Å².